The quantitative estimate of drug-likeness (QED) is 0.842. The van der Waals surface area contributed by atoms with E-state index < -0.39 is 16.3 Å². The highest BCUT2D eigenvalue weighted by atomic mass is 32.2. The molecule has 0 spiro atoms. The molecular formula is C11H11F2NO2S. The molecule has 0 heterocycles. The van der Waals surface area contributed by atoms with E-state index >= 15 is 0 Å². The number of benzene rings is 1. The van der Waals surface area contributed by atoms with Crippen LogP contribution in [0, 0.1) is 12.3 Å². The van der Waals surface area contributed by atoms with Crippen LogP contribution in [0.5, 0.6) is 0 Å². The number of terminal acetylenes is 1. The molecule has 1 rings (SSSR count). The van der Waals surface area contributed by atoms with E-state index in [9.17, 15) is 17.2 Å². The van der Waals surface area contributed by atoms with Crippen LogP contribution in [0.15, 0.2) is 23.1 Å². The lowest BCUT2D eigenvalue weighted by molar-refractivity contribution is 0.152. The number of anilines is 1. The van der Waals surface area contributed by atoms with Gasteiger partial charge in [0.1, 0.15) is 0 Å². The van der Waals surface area contributed by atoms with Crippen molar-refractivity contribution >= 4 is 15.5 Å². The van der Waals surface area contributed by atoms with E-state index in [2.05, 4.69) is 11.2 Å². The minimum Gasteiger partial charge on any atom is -0.374 e. The molecule has 0 atom stereocenters. The Balaban J connectivity index is 3.23. The molecule has 0 fully saturated rings. The van der Waals surface area contributed by atoms with Crippen LogP contribution in [0.1, 0.15) is 12.0 Å². The molecule has 92 valence electrons. The zero-order valence-electron chi connectivity index (χ0n) is 9.07. The third-order valence-corrected chi connectivity index (χ3v) is 3.18. The molecular weight excluding hydrogens is 248 g/mol. The molecule has 0 aromatic heterocycles. The first kappa shape index (κ1) is 13.5. The Bertz CT molecular complexity index is 547. The van der Waals surface area contributed by atoms with E-state index in [-0.39, 0.29) is 22.7 Å². The van der Waals surface area contributed by atoms with Crippen LogP contribution < -0.4 is 5.32 Å². The molecule has 6 heteroatoms. The summed E-state index contributed by atoms with van der Waals surface area (Å²) in [4.78, 5) is -0.140. The first-order valence-electron chi connectivity index (χ1n) is 4.65. The van der Waals surface area contributed by atoms with Gasteiger partial charge in [0, 0.05) is 17.5 Å². The fourth-order valence-corrected chi connectivity index (χ4v) is 1.92. The third kappa shape index (κ3) is 3.43. The number of hydrogen-bond acceptors (Lipinski definition) is 3. The maximum atomic E-state index is 12.7. The van der Waals surface area contributed by atoms with Crippen LogP contribution in [0.2, 0.25) is 0 Å². The van der Waals surface area contributed by atoms with Crippen LogP contribution in [0.25, 0.3) is 0 Å². The summed E-state index contributed by atoms with van der Waals surface area (Å²) >= 11 is 0. The molecule has 0 aliphatic carbocycles. The molecule has 0 saturated heterocycles. The molecule has 0 unspecified atom stereocenters. The van der Waals surface area contributed by atoms with Crippen LogP contribution >= 0.6 is 0 Å². The summed E-state index contributed by atoms with van der Waals surface area (Å²) in [5, 5.41) is 2.61. The second-order valence-electron chi connectivity index (χ2n) is 3.38. The van der Waals surface area contributed by atoms with Gasteiger partial charge in [0.2, 0.25) is 0 Å². The number of hydrogen-bond donors (Lipinski definition) is 1. The zero-order chi connectivity index (χ0) is 13.1. The van der Waals surface area contributed by atoms with Gasteiger partial charge in [-0.2, -0.15) is 0 Å². The van der Waals surface area contributed by atoms with E-state index in [0.717, 1.165) is 12.3 Å². The van der Waals surface area contributed by atoms with Crippen molar-refractivity contribution in [3.8, 4) is 12.3 Å². The topological polar surface area (TPSA) is 46.2 Å². The van der Waals surface area contributed by atoms with Crippen LogP contribution in [0.3, 0.4) is 0 Å². The van der Waals surface area contributed by atoms with Gasteiger partial charge in [-0.3, -0.25) is 0 Å². The summed E-state index contributed by atoms with van der Waals surface area (Å²) in [6, 6.07) is 3.51. The van der Waals surface area contributed by atoms with Gasteiger partial charge in [-0.1, -0.05) is 5.92 Å². The van der Waals surface area contributed by atoms with Crippen molar-refractivity contribution in [2.45, 2.75) is 11.3 Å². The minimum atomic E-state index is -3.50. The summed E-state index contributed by atoms with van der Waals surface area (Å²) in [5.74, 6) is 2.25. The average Bonchev–Trinajstić information content (AvgIpc) is 2.24. The Morgan fingerprint density at radius 1 is 1.47 bits per heavy atom. The maximum absolute atomic E-state index is 12.7. The van der Waals surface area contributed by atoms with Gasteiger partial charge in [0.15, 0.2) is 9.84 Å². The summed E-state index contributed by atoms with van der Waals surface area (Å²) in [6.07, 6.45) is 3.20. The highest BCUT2D eigenvalue weighted by Crippen LogP contribution is 2.29. The highest BCUT2D eigenvalue weighted by Gasteiger charge is 2.16. The number of sulfone groups is 1. The lowest BCUT2D eigenvalue weighted by Crippen LogP contribution is -2.05. The first-order chi connectivity index (χ1) is 7.86. The predicted octanol–water partition coefficient (Wildman–Crippen LogP) is 2.07. The van der Waals surface area contributed by atoms with Gasteiger partial charge in [0.05, 0.1) is 11.4 Å². The van der Waals surface area contributed by atoms with Crippen LogP contribution in [0.4, 0.5) is 14.5 Å². The molecule has 1 aromatic carbocycles. The van der Waals surface area contributed by atoms with E-state index in [0.29, 0.717) is 0 Å². The second kappa shape index (κ2) is 5.15. The van der Waals surface area contributed by atoms with E-state index in [1.165, 1.54) is 12.1 Å². The Hall–Kier alpha value is -1.61. The fraction of sp³-hybridized carbons (Fsp3) is 0.273. The van der Waals surface area contributed by atoms with E-state index in [1.54, 1.807) is 0 Å². The largest absolute Gasteiger partial charge is 0.374 e. The molecule has 0 saturated carbocycles. The van der Waals surface area contributed by atoms with Crippen molar-refractivity contribution in [3.05, 3.63) is 23.8 Å². The maximum Gasteiger partial charge on any atom is 0.265 e. The molecule has 1 aromatic rings. The molecule has 0 radical (unpaired) electrons. The van der Waals surface area contributed by atoms with Crippen molar-refractivity contribution < 1.29 is 17.2 Å². The molecule has 17 heavy (non-hydrogen) atoms. The first-order valence-corrected chi connectivity index (χ1v) is 6.55. The Morgan fingerprint density at radius 3 is 2.59 bits per heavy atom. The number of alkyl halides is 2. The van der Waals surface area contributed by atoms with Gasteiger partial charge in [-0.05, 0) is 18.2 Å². The molecule has 0 aliphatic heterocycles. The predicted molar refractivity (Wildman–Crippen MR) is 61.8 cm³/mol. The zero-order valence-corrected chi connectivity index (χ0v) is 9.89. The second-order valence-corrected chi connectivity index (χ2v) is 5.40. The summed E-state index contributed by atoms with van der Waals surface area (Å²) in [5.41, 5.74) is -0.228. The van der Waals surface area contributed by atoms with E-state index in [1.807, 2.05) is 0 Å². The van der Waals surface area contributed by atoms with Crippen molar-refractivity contribution in [1.82, 2.24) is 0 Å². The number of halogens is 2. The van der Waals surface area contributed by atoms with Crippen LogP contribution in [-0.4, -0.2) is 21.2 Å². The Morgan fingerprint density at radius 2 is 2.12 bits per heavy atom. The van der Waals surface area contributed by atoms with Crippen molar-refractivity contribution in [2.24, 2.45) is 0 Å². The number of rotatable bonds is 4. The monoisotopic (exact) mass is 259 g/mol. The summed E-state index contributed by atoms with van der Waals surface area (Å²) in [6.45, 7) is 0.0952. The fourth-order valence-electron chi connectivity index (χ4n) is 1.26. The van der Waals surface area contributed by atoms with Gasteiger partial charge in [0.25, 0.3) is 6.43 Å². The highest BCUT2D eigenvalue weighted by molar-refractivity contribution is 7.90. The third-order valence-electron chi connectivity index (χ3n) is 2.07. The molecule has 1 N–H and O–H groups in total. The molecule has 3 nitrogen and oxygen atoms in total. The standard InChI is InChI=1S/C11H11F2NO2S/c1-3-6-14-10-5-4-8(17(2,15)16)7-9(10)11(12)13/h1,4-5,7,11,14H,6H2,2H3. The number of nitrogens with one attached hydrogen (secondary N) is 1. The van der Waals surface area contributed by atoms with Crippen molar-refractivity contribution in [2.75, 3.05) is 18.1 Å². The molecule has 0 amide bonds. The lowest BCUT2D eigenvalue weighted by Gasteiger charge is -2.11. The molecule has 0 aliphatic rings. The normalized spacial score (nSPS) is 11.2. The van der Waals surface area contributed by atoms with Crippen molar-refractivity contribution in [3.63, 3.8) is 0 Å². The lowest BCUT2D eigenvalue weighted by atomic mass is 10.2. The van der Waals surface area contributed by atoms with Gasteiger partial charge < -0.3 is 5.32 Å². The van der Waals surface area contributed by atoms with Gasteiger partial charge >= 0.3 is 0 Å². The average molecular weight is 259 g/mol. The Labute approximate surface area is 98.8 Å². The van der Waals surface area contributed by atoms with Gasteiger partial charge in [-0.15, -0.1) is 6.42 Å². The van der Waals surface area contributed by atoms with Crippen molar-refractivity contribution in [1.29, 1.82) is 0 Å². The van der Waals surface area contributed by atoms with Gasteiger partial charge in [-0.25, -0.2) is 17.2 Å². The SMILES string of the molecule is C#CCNc1ccc(S(C)(=O)=O)cc1C(F)F. The smallest absolute Gasteiger partial charge is 0.265 e. The minimum absolute atomic E-state index is 0.0952. The van der Waals surface area contributed by atoms with Crippen LogP contribution in [-0.2, 0) is 9.84 Å². The Kier molecular flexibility index (Phi) is 4.07. The summed E-state index contributed by atoms with van der Waals surface area (Å²) < 4.78 is 47.9. The molecule has 0 bridgehead atoms. The van der Waals surface area contributed by atoms with E-state index in [4.69, 9.17) is 6.42 Å². The summed E-state index contributed by atoms with van der Waals surface area (Å²) in [7, 11) is -3.50.